The van der Waals surface area contributed by atoms with E-state index in [0.29, 0.717) is 10.5 Å². The first kappa shape index (κ1) is 14.9. The molecular weight excluding hydrogens is 299 g/mol. The monoisotopic (exact) mass is 310 g/mol. The Bertz CT molecular complexity index is 685. The molecular formula is C15H12ClFO2S. The maximum atomic E-state index is 13.0. The number of carbonyl (C=O) groups excluding carboxylic acids is 1. The molecule has 0 aliphatic heterocycles. The van der Waals surface area contributed by atoms with Crippen LogP contribution in [0, 0.1) is 12.7 Å². The van der Waals surface area contributed by atoms with Gasteiger partial charge < -0.3 is 0 Å². The normalized spacial score (nSPS) is 12.2. The van der Waals surface area contributed by atoms with E-state index in [9.17, 15) is 13.4 Å². The van der Waals surface area contributed by atoms with E-state index in [0.717, 1.165) is 11.6 Å². The molecule has 0 bridgehead atoms. The van der Waals surface area contributed by atoms with Gasteiger partial charge in [0.05, 0.1) is 21.6 Å². The van der Waals surface area contributed by atoms with E-state index in [4.69, 9.17) is 11.6 Å². The highest BCUT2D eigenvalue weighted by atomic mass is 35.5. The average Bonchev–Trinajstić information content (AvgIpc) is 2.42. The van der Waals surface area contributed by atoms with Gasteiger partial charge in [-0.2, -0.15) is 0 Å². The van der Waals surface area contributed by atoms with E-state index in [2.05, 4.69) is 0 Å². The maximum absolute atomic E-state index is 13.0. The van der Waals surface area contributed by atoms with E-state index in [1.165, 1.54) is 12.1 Å². The summed E-state index contributed by atoms with van der Waals surface area (Å²) >= 11 is 5.64. The van der Waals surface area contributed by atoms with Gasteiger partial charge in [0.1, 0.15) is 5.82 Å². The molecule has 0 amide bonds. The Balaban J connectivity index is 2.17. The number of ketones is 1. The van der Waals surface area contributed by atoms with Crippen molar-refractivity contribution >= 4 is 28.2 Å². The quantitative estimate of drug-likeness (QED) is 0.805. The summed E-state index contributed by atoms with van der Waals surface area (Å²) < 4.78 is 25.2. The van der Waals surface area contributed by atoms with Crippen LogP contribution in [-0.2, 0) is 10.8 Å². The van der Waals surface area contributed by atoms with Gasteiger partial charge in [-0.1, -0.05) is 35.9 Å². The molecule has 0 aliphatic carbocycles. The lowest BCUT2D eigenvalue weighted by atomic mass is 10.1. The fourth-order valence-electron chi connectivity index (χ4n) is 1.78. The molecule has 0 heterocycles. The molecule has 0 radical (unpaired) electrons. The molecule has 0 aliphatic rings. The number of aryl methyl sites for hydroxylation is 1. The van der Waals surface area contributed by atoms with Gasteiger partial charge in [-0.3, -0.25) is 9.00 Å². The predicted molar refractivity (Wildman–Crippen MR) is 78.2 cm³/mol. The highest BCUT2D eigenvalue weighted by Gasteiger charge is 2.15. The lowest BCUT2D eigenvalue weighted by molar-refractivity contribution is 0.102. The second-order valence-electron chi connectivity index (χ2n) is 4.30. The predicted octanol–water partition coefficient (Wildman–Crippen LogP) is 3.78. The zero-order valence-electron chi connectivity index (χ0n) is 10.7. The average molecular weight is 311 g/mol. The Labute approximate surface area is 124 Å². The molecule has 2 rings (SSSR count). The molecule has 0 saturated heterocycles. The fraction of sp³-hybridized carbons (Fsp3) is 0.133. The molecule has 0 saturated carbocycles. The van der Waals surface area contributed by atoms with Crippen molar-refractivity contribution in [2.24, 2.45) is 0 Å². The van der Waals surface area contributed by atoms with E-state index >= 15 is 0 Å². The van der Waals surface area contributed by atoms with Crippen molar-refractivity contribution < 1.29 is 13.4 Å². The standard InChI is InChI=1S/C15H12ClFO2S/c1-10-4-2-3-5-12(10)15(18)9-20(19)11-6-7-14(17)13(16)8-11/h2-8H,9H2,1H3. The number of carbonyl (C=O) groups is 1. The van der Waals surface area contributed by atoms with Crippen LogP contribution in [0.15, 0.2) is 47.4 Å². The Morgan fingerprint density at radius 3 is 2.60 bits per heavy atom. The molecule has 2 nitrogen and oxygen atoms in total. The van der Waals surface area contributed by atoms with Crippen LogP contribution in [0.4, 0.5) is 4.39 Å². The molecule has 20 heavy (non-hydrogen) atoms. The topological polar surface area (TPSA) is 34.1 Å². The SMILES string of the molecule is Cc1ccccc1C(=O)CS(=O)c1ccc(F)c(Cl)c1. The van der Waals surface area contributed by atoms with E-state index in [-0.39, 0.29) is 16.6 Å². The van der Waals surface area contributed by atoms with Crippen LogP contribution in [0.5, 0.6) is 0 Å². The van der Waals surface area contributed by atoms with Gasteiger partial charge in [0.2, 0.25) is 0 Å². The van der Waals surface area contributed by atoms with Gasteiger partial charge in [0.25, 0.3) is 0 Å². The Morgan fingerprint density at radius 1 is 1.25 bits per heavy atom. The van der Waals surface area contributed by atoms with E-state index in [1.54, 1.807) is 12.1 Å². The van der Waals surface area contributed by atoms with Crippen LogP contribution in [0.2, 0.25) is 5.02 Å². The van der Waals surface area contributed by atoms with Crippen LogP contribution in [0.3, 0.4) is 0 Å². The highest BCUT2D eigenvalue weighted by Crippen LogP contribution is 2.19. The number of halogens is 2. The number of benzene rings is 2. The van der Waals surface area contributed by atoms with Crippen LogP contribution < -0.4 is 0 Å². The summed E-state index contributed by atoms with van der Waals surface area (Å²) in [6, 6.07) is 10.9. The second-order valence-corrected chi connectivity index (χ2v) is 6.16. The Kier molecular flexibility index (Phi) is 4.68. The van der Waals surface area contributed by atoms with Crippen LogP contribution in [-0.4, -0.2) is 15.7 Å². The highest BCUT2D eigenvalue weighted by molar-refractivity contribution is 7.85. The van der Waals surface area contributed by atoms with Gasteiger partial charge in [-0.25, -0.2) is 4.39 Å². The van der Waals surface area contributed by atoms with Gasteiger partial charge >= 0.3 is 0 Å². The molecule has 0 fully saturated rings. The smallest absolute Gasteiger partial charge is 0.175 e. The molecule has 104 valence electrons. The minimum Gasteiger partial charge on any atom is -0.293 e. The minimum absolute atomic E-state index is 0.0980. The molecule has 5 heteroatoms. The van der Waals surface area contributed by atoms with E-state index < -0.39 is 16.6 Å². The van der Waals surface area contributed by atoms with Crippen molar-refractivity contribution in [2.45, 2.75) is 11.8 Å². The third-order valence-corrected chi connectivity index (χ3v) is 4.46. The lowest BCUT2D eigenvalue weighted by Gasteiger charge is -2.05. The summed E-state index contributed by atoms with van der Waals surface area (Å²) in [5.74, 6) is -0.924. The molecule has 0 N–H and O–H groups in total. The number of hydrogen-bond acceptors (Lipinski definition) is 2. The van der Waals surface area contributed by atoms with Crippen molar-refractivity contribution in [3.8, 4) is 0 Å². The number of rotatable bonds is 4. The van der Waals surface area contributed by atoms with Crippen LogP contribution in [0.25, 0.3) is 0 Å². The van der Waals surface area contributed by atoms with Crippen molar-refractivity contribution in [1.29, 1.82) is 0 Å². The van der Waals surface area contributed by atoms with E-state index in [1.807, 2.05) is 19.1 Å². The third-order valence-electron chi connectivity index (χ3n) is 2.86. The summed E-state index contributed by atoms with van der Waals surface area (Å²) in [5, 5.41) is -0.0980. The molecule has 0 spiro atoms. The van der Waals surface area contributed by atoms with Crippen molar-refractivity contribution in [1.82, 2.24) is 0 Å². The largest absolute Gasteiger partial charge is 0.293 e. The van der Waals surface area contributed by atoms with Crippen LogP contribution in [0.1, 0.15) is 15.9 Å². The zero-order valence-corrected chi connectivity index (χ0v) is 12.3. The summed E-state index contributed by atoms with van der Waals surface area (Å²) in [4.78, 5) is 12.4. The fourth-order valence-corrected chi connectivity index (χ4v) is 3.06. The summed E-state index contributed by atoms with van der Waals surface area (Å²) in [6.45, 7) is 1.82. The van der Waals surface area contributed by atoms with Gasteiger partial charge in [0.15, 0.2) is 5.78 Å². The van der Waals surface area contributed by atoms with Crippen molar-refractivity contribution in [3.05, 3.63) is 64.4 Å². The third kappa shape index (κ3) is 3.32. The Hall–Kier alpha value is -1.52. The first-order valence-electron chi connectivity index (χ1n) is 5.91. The van der Waals surface area contributed by atoms with Gasteiger partial charge in [-0.05, 0) is 30.7 Å². The second kappa shape index (κ2) is 6.29. The molecule has 2 aromatic rings. The first-order valence-corrected chi connectivity index (χ1v) is 7.61. The molecule has 2 aromatic carbocycles. The van der Waals surface area contributed by atoms with Crippen molar-refractivity contribution in [3.63, 3.8) is 0 Å². The summed E-state index contributed by atoms with van der Waals surface area (Å²) in [7, 11) is -1.54. The molecule has 1 unspecified atom stereocenters. The number of Topliss-reactive ketones (excluding diaryl/α,β-unsaturated/α-hetero) is 1. The minimum atomic E-state index is -1.54. The van der Waals surface area contributed by atoms with Crippen LogP contribution >= 0.6 is 11.6 Å². The molecule has 1 atom stereocenters. The van der Waals surface area contributed by atoms with Gasteiger partial charge in [-0.15, -0.1) is 0 Å². The van der Waals surface area contributed by atoms with Gasteiger partial charge in [0, 0.05) is 10.5 Å². The zero-order chi connectivity index (χ0) is 14.7. The number of hydrogen-bond donors (Lipinski definition) is 0. The first-order chi connectivity index (χ1) is 9.49. The lowest BCUT2D eigenvalue weighted by Crippen LogP contribution is -2.12. The maximum Gasteiger partial charge on any atom is 0.175 e. The molecule has 0 aromatic heterocycles. The Morgan fingerprint density at radius 2 is 1.95 bits per heavy atom. The van der Waals surface area contributed by atoms with Crippen molar-refractivity contribution in [2.75, 3.05) is 5.75 Å². The summed E-state index contributed by atoms with van der Waals surface area (Å²) in [6.07, 6.45) is 0. The summed E-state index contributed by atoms with van der Waals surface area (Å²) in [5.41, 5.74) is 1.39.